The van der Waals surface area contributed by atoms with Crippen LogP contribution in [0.15, 0.2) is 59.7 Å². The number of halogens is 4. The molecule has 32 heavy (non-hydrogen) atoms. The smallest absolute Gasteiger partial charge is 0.417 e. The summed E-state index contributed by atoms with van der Waals surface area (Å²) in [5, 5.41) is 17.3. The first-order valence-corrected chi connectivity index (χ1v) is 9.64. The standard InChI is InChI=1S/C22H17ClF3N3O3/c1-12(8-20(31)27-15-6-7-18(23)17(11-15)22(24,25)26)28-29-21(32)16-9-13-4-2-3-5-14(13)10-19(16)30/h2-7,9-11,30H,8H2,1H3,(H,27,31)(H,29,32). The zero-order chi connectivity index (χ0) is 23.5. The molecule has 3 aromatic rings. The van der Waals surface area contributed by atoms with E-state index in [0.29, 0.717) is 0 Å². The Balaban J connectivity index is 1.64. The second-order valence-corrected chi connectivity index (χ2v) is 7.33. The van der Waals surface area contributed by atoms with Gasteiger partial charge in [0.15, 0.2) is 0 Å². The molecule has 0 aromatic heterocycles. The van der Waals surface area contributed by atoms with E-state index in [1.54, 1.807) is 24.3 Å². The number of hydrazone groups is 1. The summed E-state index contributed by atoms with van der Waals surface area (Å²) in [5.74, 6) is -1.54. The molecule has 0 fully saturated rings. The van der Waals surface area contributed by atoms with E-state index in [1.165, 1.54) is 25.1 Å². The number of fused-ring (bicyclic) bond motifs is 1. The van der Waals surface area contributed by atoms with Crippen molar-refractivity contribution < 1.29 is 27.9 Å². The number of alkyl halides is 3. The maximum atomic E-state index is 12.9. The van der Waals surface area contributed by atoms with Crippen molar-refractivity contribution in [2.75, 3.05) is 5.32 Å². The molecule has 166 valence electrons. The van der Waals surface area contributed by atoms with Gasteiger partial charge in [-0.1, -0.05) is 35.9 Å². The number of amides is 2. The molecule has 0 unspecified atom stereocenters. The summed E-state index contributed by atoms with van der Waals surface area (Å²) in [7, 11) is 0. The Kier molecular flexibility index (Phi) is 6.69. The largest absolute Gasteiger partial charge is 0.507 e. The lowest BCUT2D eigenvalue weighted by Crippen LogP contribution is -2.21. The number of hydrogen-bond acceptors (Lipinski definition) is 4. The van der Waals surface area contributed by atoms with Gasteiger partial charge in [-0.3, -0.25) is 9.59 Å². The predicted molar refractivity (Wildman–Crippen MR) is 116 cm³/mol. The first-order chi connectivity index (χ1) is 15.0. The zero-order valence-electron chi connectivity index (χ0n) is 16.6. The molecule has 0 aliphatic rings. The number of anilines is 1. The van der Waals surface area contributed by atoms with Crippen molar-refractivity contribution in [3.8, 4) is 5.75 Å². The predicted octanol–water partition coefficient (Wildman–Crippen LogP) is 5.35. The van der Waals surface area contributed by atoms with Crippen molar-refractivity contribution in [1.29, 1.82) is 0 Å². The van der Waals surface area contributed by atoms with Gasteiger partial charge in [0.05, 0.1) is 22.6 Å². The van der Waals surface area contributed by atoms with Gasteiger partial charge in [-0.25, -0.2) is 5.43 Å². The molecule has 0 aliphatic carbocycles. The Morgan fingerprint density at radius 2 is 1.72 bits per heavy atom. The van der Waals surface area contributed by atoms with Gasteiger partial charge in [-0.05, 0) is 48.0 Å². The van der Waals surface area contributed by atoms with E-state index in [1.807, 2.05) is 0 Å². The summed E-state index contributed by atoms with van der Waals surface area (Å²) in [5.41, 5.74) is 1.31. The van der Waals surface area contributed by atoms with E-state index in [2.05, 4.69) is 15.8 Å². The third kappa shape index (κ3) is 5.55. The summed E-state index contributed by atoms with van der Waals surface area (Å²) in [6.45, 7) is 1.46. The fraction of sp³-hybridized carbons (Fsp3) is 0.136. The average Bonchev–Trinajstić information content (AvgIpc) is 2.72. The van der Waals surface area contributed by atoms with Crippen LogP contribution in [-0.4, -0.2) is 22.6 Å². The highest BCUT2D eigenvalue weighted by Crippen LogP contribution is 2.36. The lowest BCUT2D eigenvalue weighted by atomic mass is 10.1. The molecule has 10 heteroatoms. The summed E-state index contributed by atoms with van der Waals surface area (Å²) < 4.78 is 38.8. The molecule has 0 saturated heterocycles. The van der Waals surface area contributed by atoms with E-state index in [9.17, 15) is 27.9 Å². The topological polar surface area (TPSA) is 90.8 Å². The van der Waals surface area contributed by atoms with Crippen molar-refractivity contribution in [3.05, 3.63) is 70.7 Å². The van der Waals surface area contributed by atoms with E-state index in [-0.39, 0.29) is 29.1 Å². The molecule has 0 spiro atoms. The minimum absolute atomic E-state index is 0.00514. The van der Waals surface area contributed by atoms with E-state index < -0.39 is 28.6 Å². The Bertz CT molecular complexity index is 1230. The van der Waals surface area contributed by atoms with Crippen LogP contribution >= 0.6 is 11.6 Å². The molecule has 3 N–H and O–H groups in total. The van der Waals surface area contributed by atoms with Crippen LogP contribution < -0.4 is 10.7 Å². The number of nitrogens with zero attached hydrogens (tertiary/aromatic N) is 1. The third-order valence-electron chi connectivity index (χ3n) is 4.43. The monoisotopic (exact) mass is 463 g/mol. The second kappa shape index (κ2) is 9.27. The molecule has 3 aromatic carbocycles. The quantitative estimate of drug-likeness (QED) is 0.352. The number of nitrogens with one attached hydrogen (secondary N) is 2. The zero-order valence-corrected chi connectivity index (χ0v) is 17.4. The number of rotatable bonds is 5. The number of hydrogen-bond donors (Lipinski definition) is 3. The number of carbonyl (C=O) groups is 2. The van der Waals surface area contributed by atoms with Gasteiger partial charge in [0.25, 0.3) is 5.91 Å². The fourth-order valence-electron chi connectivity index (χ4n) is 2.91. The number of phenols is 1. The van der Waals surface area contributed by atoms with Gasteiger partial charge in [0.1, 0.15) is 5.75 Å². The fourth-order valence-corrected chi connectivity index (χ4v) is 3.14. The summed E-state index contributed by atoms with van der Waals surface area (Å²) in [6, 6.07) is 13.1. The summed E-state index contributed by atoms with van der Waals surface area (Å²) >= 11 is 5.56. The Hall–Kier alpha value is -3.59. The van der Waals surface area contributed by atoms with Crippen LogP contribution in [-0.2, 0) is 11.0 Å². The van der Waals surface area contributed by atoms with E-state index in [4.69, 9.17) is 11.6 Å². The Morgan fingerprint density at radius 1 is 1.06 bits per heavy atom. The molecule has 0 saturated carbocycles. The maximum absolute atomic E-state index is 12.9. The van der Waals surface area contributed by atoms with Crippen molar-refractivity contribution in [1.82, 2.24) is 5.43 Å². The van der Waals surface area contributed by atoms with Crippen LogP contribution in [0, 0.1) is 0 Å². The van der Waals surface area contributed by atoms with Crippen molar-refractivity contribution in [2.45, 2.75) is 19.5 Å². The van der Waals surface area contributed by atoms with Crippen LogP contribution in [0.4, 0.5) is 18.9 Å². The minimum atomic E-state index is -4.66. The Morgan fingerprint density at radius 3 is 2.38 bits per heavy atom. The maximum Gasteiger partial charge on any atom is 0.417 e. The van der Waals surface area contributed by atoms with Gasteiger partial charge in [0, 0.05) is 11.4 Å². The van der Waals surface area contributed by atoms with Crippen LogP contribution in [0.1, 0.15) is 29.3 Å². The molecule has 6 nitrogen and oxygen atoms in total. The van der Waals surface area contributed by atoms with Gasteiger partial charge >= 0.3 is 6.18 Å². The molecular formula is C22H17ClF3N3O3. The average molecular weight is 464 g/mol. The molecule has 2 amide bonds. The molecule has 0 bridgehead atoms. The van der Waals surface area contributed by atoms with E-state index >= 15 is 0 Å². The van der Waals surface area contributed by atoms with Crippen LogP contribution in [0.3, 0.4) is 0 Å². The minimum Gasteiger partial charge on any atom is -0.507 e. The van der Waals surface area contributed by atoms with Crippen LogP contribution in [0.5, 0.6) is 5.75 Å². The number of phenolic OH excluding ortho intramolecular Hbond substituents is 1. The van der Waals surface area contributed by atoms with Crippen LogP contribution in [0.2, 0.25) is 5.02 Å². The normalized spacial score (nSPS) is 12.0. The third-order valence-corrected chi connectivity index (χ3v) is 4.76. The first kappa shape index (κ1) is 23.1. The van der Waals surface area contributed by atoms with Crippen molar-refractivity contribution in [2.24, 2.45) is 5.10 Å². The van der Waals surface area contributed by atoms with Crippen LogP contribution in [0.25, 0.3) is 10.8 Å². The highest BCUT2D eigenvalue weighted by molar-refractivity contribution is 6.31. The summed E-state index contributed by atoms with van der Waals surface area (Å²) in [6.07, 6.45) is -4.94. The highest BCUT2D eigenvalue weighted by atomic mass is 35.5. The summed E-state index contributed by atoms with van der Waals surface area (Å²) in [4.78, 5) is 24.5. The lowest BCUT2D eigenvalue weighted by molar-refractivity contribution is -0.137. The van der Waals surface area contributed by atoms with Gasteiger partial charge in [0.2, 0.25) is 5.91 Å². The van der Waals surface area contributed by atoms with Gasteiger partial charge < -0.3 is 10.4 Å². The number of benzene rings is 3. The molecule has 3 rings (SSSR count). The van der Waals surface area contributed by atoms with E-state index in [0.717, 1.165) is 22.9 Å². The number of carbonyl (C=O) groups excluding carboxylic acids is 2. The SMILES string of the molecule is CC(CC(=O)Nc1ccc(Cl)c(C(F)(F)F)c1)=NNC(=O)c1cc2ccccc2cc1O. The van der Waals surface area contributed by atoms with Crippen molar-refractivity contribution in [3.63, 3.8) is 0 Å². The van der Waals surface area contributed by atoms with Gasteiger partial charge in [-0.2, -0.15) is 18.3 Å². The molecule has 0 heterocycles. The molecular weight excluding hydrogens is 447 g/mol. The molecule has 0 aliphatic heterocycles. The Labute approximate surface area is 185 Å². The highest BCUT2D eigenvalue weighted by Gasteiger charge is 2.33. The second-order valence-electron chi connectivity index (χ2n) is 6.92. The lowest BCUT2D eigenvalue weighted by Gasteiger charge is -2.12. The van der Waals surface area contributed by atoms with Gasteiger partial charge in [-0.15, -0.1) is 0 Å². The molecule has 0 radical (unpaired) electrons. The first-order valence-electron chi connectivity index (χ1n) is 9.26. The molecule has 0 atom stereocenters. The van der Waals surface area contributed by atoms with Crippen molar-refractivity contribution >= 4 is 45.6 Å². The number of aromatic hydroxyl groups is 1.